The molecule has 20 heavy (non-hydrogen) atoms. The van der Waals surface area contributed by atoms with E-state index in [2.05, 4.69) is 9.80 Å². The van der Waals surface area contributed by atoms with Crippen LogP contribution >= 0.6 is 0 Å². The van der Waals surface area contributed by atoms with Gasteiger partial charge in [-0.25, -0.2) is 0 Å². The summed E-state index contributed by atoms with van der Waals surface area (Å²) in [5.41, 5.74) is 0.974. The fourth-order valence-electron chi connectivity index (χ4n) is 3.41. The summed E-state index contributed by atoms with van der Waals surface area (Å²) in [6, 6.07) is 6.52. The number of phenolic OH excluding ortho intramolecular Hbond substituents is 1. The molecule has 2 aliphatic rings. The minimum atomic E-state index is 0.309. The van der Waals surface area contributed by atoms with Crippen LogP contribution in [0.25, 0.3) is 0 Å². The van der Waals surface area contributed by atoms with E-state index in [0.717, 1.165) is 37.8 Å². The van der Waals surface area contributed by atoms with E-state index in [0.29, 0.717) is 18.1 Å². The summed E-state index contributed by atoms with van der Waals surface area (Å²) in [7, 11) is 0. The van der Waals surface area contributed by atoms with Crippen LogP contribution in [0.15, 0.2) is 18.2 Å². The number of hydrogen-bond donors (Lipinski definition) is 1. The molecule has 0 aromatic heterocycles. The number of nitrogens with zero attached hydrogens (tertiary/aromatic N) is 2. The van der Waals surface area contributed by atoms with Gasteiger partial charge in [0.05, 0.1) is 6.61 Å². The van der Waals surface area contributed by atoms with Gasteiger partial charge in [0.2, 0.25) is 0 Å². The van der Waals surface area contributed by atoms with Gasteiger partial charge in [-0.3, -0.25) is 9.80 Å². The van der Waals surface area contributed by atoms with Crippen molar-refractivity contribution < 1.29 is 9.84 Å². The van der Waals surface area contributed by atoms with Crippen LogP contribution in [0.2, 0.25) is 0 Å². The van der Waals surface area contributed by atoms with E-state index in [4.69, 9.17) is 4.74 Å². The highest BCUT2D eigenvalue weighted by atomic mass is 16.5. The molecule has 3 rings (SSSR count). The molecule has 4 nitrogen and oxygen atoms in total. The molecular weight excluding hydrogens is 252 g/mol. The lowest BCUT2D eigenvalue weighted by Crippen LogP contribution is -2.49. The Morgan fingerprint density at radius 1 is 1.30 bits per heavy atom. The van der Waals surface area contributed by atoms with Crippen LogP contribution in [0.3, 0.4) is 0 Å². The third kappa shape index (κ3) is 2.76. The number of aromatic hydroxyl groups is 1. The van der Waals surface area contributed by atoms with Crippen LogP contribution in [0, 0.1) is 0 Å². The lowest BCUT2D eigenvalue weighted by atomic mass is 10.1. The zero-order chi connectivity index (χ0) is 13.9. The molecule has 2 fully saturated rings. The molecule has 1 aromatic rings. The van der Waals surface area contributed by atoms with Gasteiger partial charge in [-0.1, -0.05) is 12.1 Å². The minimum Gasteiger partial charge on any atom is -0.504 e. The number of ether oxygens (including phenoxy) is 1. The maximum Gasteiger partial charge on any atom is 0.162 e. The van der Waals surface area contributed by atoms with Gasteiger partial charge in [0.1, 0.15) is 0 Å². The van der Waals surface area contributed by atoms with E-state index in [-0.39, 0.29) is 0 Å². The van der Waals surface area contributed by atoms with Crippen molar-refractivity contribution in [2.24, 2.45) is 0 Å². The number of phenols is 1. The lowest BCUT2D eigenvalue weighted by Gasteiger charge is -2.37. The SMILES string of the molecule is CCOc1cccc(CN2CCN3CCCC3C2)c1O. The molecule has 1 atom stereocenters. The molecule has 0 amide bonds. The van der Waals surface area contributed by atoms with Crippen LogP contribution in [-0.2, 0) is 6.54 Å². The first-order chi connectivity index (χ1) is 9.78. The van der Waals surface area contributed by atoms with Gasteiger partial charge in [0.25, 0.3) is 0 Å². The van der Waals surface area contributed by atoms with Crippen molar-refractivity contribution in [2.45, 2.75) is 32.4 Å². The molecule has 1 unspecified atom stereocenters. The number of fused-ring (bicyclic) bond motifs is 1. The maximum absolute atomic E-state index is 10.3. The van der Waals surface area contributed by atoms with E-state index >= 15 is 0 Å². The normalized spacial score (nSPS) is 23.8. The number of benzene rings is 1. The van der Waals surface area contributed by atoms with Crippen LogP contribution < -0.4 is 4.74 Å². The summed E-state index contributed by atoms with van der Waals surface area (Å²) in [6.45, 7) is 7.98. The fourth-order valence-corrected chi connectivity index (χ4v) is 3.41. The highest BCUT2D eigenvalue weighted by molar-refractivity contribution is 5.45. The molecule has 0 spiro atoms. The Morgan fingerprint density at radius 2 is 2.20 bits per heavy atom. The van der Waals surface area contributed by atoms with Crippen molar-refractivity contribution in [3.8, 4) is 11.5 Å². The van der Waals surface area contributed by atoms with E-state index in [1.807, 2.05) is 25.1 Å². The highest BCUT2D eigenvalue weighted by Gasteiger charge is 2.30. The van der Waals surface area contributed by atoms with Crippen molar-refractivity contribution in [3.63, 3.8) is 0 Å². The van der Waals surface area contributed by atoms with Gasteiger partial charge < -0.3 is 9.84 Å². The number of para-hydroxylation sites is 1. The number of hydrogen-bond acceptors (Lipinski definition) is 4. The Hall–Kier alpha value is -1.26. The summed E-state index contributed by atoms with van der Waals surface area (Å²) in [4.78, 5) is 5.06. The molecule has 2 heterocycles. The summed E-state index contributed by atoms with van der Waals surface area (Å²) in [5.74, 6) is 0.910. The van der Waals surface area contributed by atoms with Crippen molar-refractivity contribution in [1.82, 2.24) is 9.80 Å². The Labute approximate surface area is 120 Å². The van der Waals surface area contributed by atoms with E-state index in [1.165, 1.54) is 19.4 Å². The molecular formula is C16H24N2O2. The van der Waals surface area contributed by atoms with Gasteiger partial charge in [-0.2, -0.15) is 0 Å². The Bertz CT molecular complexity index is 464. The van der Waals surface area contributed by atoms with Gasteiger partial charge in [-0.05, 0) is 32.4 Å². The van der Waals surface area contributed by atoms with Crippen molar-refractivity contribution in [3.05, 3.63) is 23.8 Å². The highest BCUT2D eigenvalue weighted by Crippen LogP contribution is 2.31. The average molecular weight is 276 g/mol. The first-order valence-electron chi connectivity index (χ1n) is 7.68. The van der Waals surface area contributed by atoms with Gasteiger partial charge in [0.15, 0.2) is 11.5 Å². The molecule has 2 saturated heterocycles. The first kappa shape index (κ1) is 13.7. The molecule has 0 saturated carbocycles. The molecule has 0 bridgehead atoms. The smallest absolute Gasteiger partial charge is 0.162 e. The van der Waals surface area contributed by atoms with Crippen molar-refractivity contribution in [1.29, 1.82) is 0 Å². The molecule has 4 heteroatoms. The standard InChI is InChI=1S/C16H24N2O2/c1-2-20-15-7-3-5-13(16(15)19)11-17-9-10-18-8-4-6-14(18)12-17/h3,5,7,14,19H,2,4,6,8-12H2,1H3. The quantitative estimate of drug-likeness (QED) is 0.913. The minimum absolute atomic E-state index is 0.309. The second kappa shape index (κ2) is 6.02. The first-order valence-corrected chi connectivity index (χ1v) is 7.68. The third-order valence-electron chi connectivity index (χ3n) is 4.45. The summed E-state index contributed by atoms with van der Waals surface area (Å²) < 4.78 is 5.46. The third-order valence-corrected chi connectivity index (χ3v) is 4.45. The van der Waals surface area contributed by atoms with Crippen LogP contribution in [-0.4, -0.2) is 53.7 Å². The molecule has 110 valence electrons. The summed E-state index contributed by atoms with van der Waals surface area (Å²) in [5, 5.41) is 10.3. The predicted molar refractivity (Wildman–Crippen MR) is 79.1 cm³/mol. The fraction of sp³-hybridized carbons (Fsp3) is 0.625. The number of rotatable bonds is 4. The van der Waals surface area contributed by atoms with Crippen LogP contribution in [0.5, 0.6) is 11.5 Å². The Balaban J connectivity index is 1.67. The maximum atomic E-state index is 10.3. The topological polar surface area (TPSA) is 35.9 Å². The van der Waals surface area contributed by atoms with Gasteiger partial charge >= 0.3 is 0 Å². The molecule has 1 N–H and O–H groups in total. The van der Waals surface area contributed by atoms with Crippen molar-refractivity contribution in [2.75, 3.05) is 32.8 Å². The van der Waals surface area contributed by atoms with Crippen LogP contribution in [0.4, 0.5) is 0 Å². The van der Waals surface area contributed by atoms with E-state index in [1.54, 1.807) is 0 Å². The van der Waals surface area contributed by atoms with Gasteiger partial charge in [0, 0.05) is 37.8 Å². The molecule has 1 aromatic carbocycles. The second-order valence-electron chi connectivity index (χ2n) is 5.76. The Morgan fingerprint density at radius 3 is 3.05 bits per heavy atom. The monoisotopic (exact) mass is 276 g/mol. The second-order valence-corrected chi connectivity index (χ2v) is 5.76. The zero-order valence-corrected chi connectivity index (χ0v) is 12.2. The zero-order valence-electron chi connectivity index (χ0n) is 12.2. The van der Waals surface area contributed by atoms with Gasteiger partial charge in [-0.15, -0.1) is 0 Å². The molecule has 0 aliphatic carbocycles. The summed E-state index contributed by atoms with van der Waals surface area (Å²) >= 11 is 0. The van der Waals surface area contributed by atoms with E-state index in [9.17, 15) is 5.11 Å². The predicted octanol–water partition coefficient (Wildman–Crippen LogP) is 2.07. The molecule has 0 radical (unpaired) electrons. The lowest BCUT2D eigenvalue weighted by molar-refractivity contribution is 0.0986. The largest absolute Gasteiger partial charge is 0.504 e. The van der Waals surface area contributed by atoms with E-state index < -0.39 is 0 Å². The number of piperazine rings is 1. The Kier molecular flexibility index (Phi) is 4.13. The van der Waals surface area contributed by atoms with Crippen molar-refractivity contribution >= 4 is 0 Å². The average Bonchev–Trinajstić information content (AvgIpc) is 2.91. The summed E-state index contributed by atoms with van der Waals surface area (Å²) in [6.07, 6.45) is 2.66. The molecule has 2 aliphatic heterocycles. The van der Waals surface area contributed by atoms with Crippen LogP contribution in [0.1, 0.15) is 25.3 Å².